The topological polar surface area (TPSA) is 69.5 Å². The highest BCUT2D eigenvalue weighted by Crippen LogP contribution is 2.31. The summed E-state index contributed by atoms with van der Waals surface area (Å²) in [5, 5.41) is 0. The Morgan fingerprint density at radius 1 is 1.00 bits per heavy atom. The molecule has 138 valence electrons. The summed E-state index contributed by atoms with van der Waals surface area (Å²) in [5.74, 6) is -0.418. The molecule has 1 amide bonds. The molecule has 0 N–H and O–H groups in total. The number of pyridine rings is 1. The van der Waals surface area contributed by atoms with Gasteiger partial charge in [0.1, 0.15) is 11.8 Å². The van der Waals surface area contributed by atoms with Crippen molar-refractivity contribution in [1.29, 1.82) is 0 Å². The van der Waals surface area contributed by atoms with Gasteiger partial charge < -0.3 is 14.4 Å². The molecule has 2 aliphatic heterocycles. The van der Waals surface area contributed by atoms with Crippen molar-refractivity contribution in [1.82, 2.24) is 19.4 Å². The van der Waals surface area contributed by atoms with Crippen LogP contribution in [0.1, 0.15) is 23.2 Å². The van der Waals surface area contributed by atoms with Crippen LogP contribution < -0.4 is 0 Å². The highest BCUT2D eigenvalue weighted by molar-refractivity contribution is 5.94. The molecule has 1 aromatic carbocycles. The molecule has 2 saturated heterocycles. The molecule has 0 atom stereocenters. The fraction of sp³-hybridized carbons (Fsp3) is 0.350. The number of imidazole rings is 1. The van der Waals surface area contributed by atoms with Gasteiger partial charge in [0.05, 0.1) is 13.2 Å². The molecule has 7 nitrogen and oxygen atoms in total. The van der Waals surface area contributed by atoms with Crippen molar-refractivity contribution >= 4 is 17.1 Å². The van der Waals surface area contributed by atoms with Crippen LogP contribution in [-0.2, 0) is 9.47 Å². The van der Waals surface area contributed by atoms with Crippen LogP contribution in [0.4, 0.5) is 0 Å². The van der Waals surface area contributed by atoms with Crippen LogP contribution in [0.5, 0.6) is 0 Å². The minimum atomic E-state index is -0.462. The summed E-state index contributed by atoms with van der Waals surface area (Å²) < 4.78 is 13.4. The Balaban J connectivity index is 1.32. The van der Waals surface area contributed by atoms with E-state index in [-0.39, 0.29) is 5.91 Å². The first-order valence-electron chi connectivity index (χ1n) is 9.20. The number of piperidine rings is 1. The number of carbonyl (C=O) groups excluding carboxylic acids is 1. The summed E-state index contributed by atoms with van der Waals surface area (Å²) in [6, 6.07) is 11.4. The first-order chi connectivity index (χ1) is 13.2. The van der Waals surface area contributed by atoms with Gasteiger partial charge in [-0.25, -0.2) is 9.97 Å². The molecule has 0 unspecified atom stereocenters. The number of rotatable bonds is 2. The van der Waals surface area contributed by atoms with Crippen LogP contribution in [0.25, 0.3) is 16.9 Å². The Bertz CT molecular complexity index is 966. The third-order valence-corrected chi connectivity index (χ3v) is 5.32. The predicted octanol–water partition coefficient (Wildman–Crippen LogP) is 2.40. The summed E-state index contributed by atoms with van der Waals surface area (Å²) in [6.07, 6.45) is 4.95. The van der Waals surface area contributed by atoms with E-state index in [0.717, 1.165) is 29.7 Å². The van der Waals surface area contributed by atoms with E-state index in [1.54, 1.807) is 12.5 Å². The standard InChI is InChI=1S/C20H20N4O3/c25-19(23-10-7-20(8-11-23)26-12-13-27-20)15-3-5-16(6-4-15)24-14-22-17-2-1-9-21-18(17)24/h1-6,9,14H,7-8,10-13H2. The Hall–Kier alpha value is -2.77. The number of hydrogen-bond acceptors (Lipinski definition) is 5. The van der Waals surface area contributed by atoms with E-state index in [9.17, 15) is 4.79 Å². The Kier molecular flexibility index (Phi) is 3.91. The fourth-order valence-corrected chi connectivity index (χ4v) is 3.82. The smallest absolute Gasteiger partial charge is 0.253 e. The summed E-state index contributed by atoms with van der Waals surface area (Å²) in [4.78, 5) is 23.4. The van der Waals surface area contributed by atoms with Gasteiger partial charge in [-0.3, -0.25) is 9.36 Å². The van der Waals surface area contributed by atoms with E-state index < -0.39 is 5.79 Å². The monoisotopic (exact) mass is 364 g/mol. The number of ether oxygens (including phenoxy) is 2. The van der Waals surface area contributed by atoms with Crippen molar-refractivity contribution in [2.45, 2.75) is 18.6 Å². The van der Waals surface area contributed by atoms with Crippen molar-refractivity contribution in [2.24, 2.45) is 0 Å². The number of amides is 1. The largest absolute Gasteiger partial charge is 0.347 e. The van der Waals surface area contributed by atoms with Gasteiger partial charge in [0.15, 0.2) is 11.4 Å². The average molecular weight is 364 g/mol. The minimum Gasteiger partial charge on any atom is -0.347 e. The van der Waals surface area contributed by atoms with Crippen LogP contribution in [0, 0.1) is 0 Å². The summed E-state index contributed by atoms with van der Waals surface area (Å²) in [7, 11) is 0. The van der Waals surface area contributed by atoms with Gasteiger partial charge in [-0.05, 0) is 36.4 Å². The van der Waals surface area contributed by atoms with Gasteiger partial charge >= 0.3 is 0 Å². The highest BCUT2D eigenvalue weighted by Gasteiger charge is 2.40. The maximum Gasteiger partial charge on any atom is 0.253 e. The average Bonchev–Trinajstić information content (AvgIpc) is 3.36. The van der Waals surface area contributed by atoms with Crippen molar-refractivity contribution < 1.29 is 14.3 Å². The SMILES string of the molecule is O=C(c1ccc(-n2cnc3cccnc32)cc1)N1CCC2(CC1)OCCO2. The van der Waals surface area contributed by atoms with Crippen LogP contribution in [0.2, 0.25) is 0 Å². The molecular formula is C20H20N4O3. The fourth-order valence-electron chi connectivity index (χ4n) is 3.82. The quantitative estimate of drug-likeness (QED) is 0.698. The molecule has 2 aromatic heterocycles. The lowest BCUT2D eigenvalue weighted by atomic mass is 10.0. The summed E-state index contributed by atoms with van der Waals surface area (Å²) >= 11 is 0. The Morgan fingerprint density at radius 2 is 1.74 bits per heavy atom. The van der Waals surface area contributed by atoms with E-state index in [1.165, 1.54) is 0 Å². The van der Waals surface area contributed by atoms with Crippen LogP contribution in [0.15, 0.2) is 48.9 Å². The second kappa shape index (κ2) is 6.44. The second-order valence-corrected chi connectivity index (χ2v) is 6.91. The molecule has 0 bridgehead atoms. The molecule has 0 radical (unpaired) electrons. The van der Waals surface area contributed by atoms with Gasteiger partial charge in [-0.15, -0.1) is 0 Å². The lowest BCUT2D eigenvalue weighted by Gasteiger charge is -2.37. The molecule has 3 aromatic rings. The van der Waals surface area contributed by atoms with E-state index in [2.05, 4.69) is 9.97 Å². The maximum absolute atomic E-state index is 12.8. The zero-order chi connectivity index (χ0) is 18.3. The molecule has 5 rings (SSSR count). The number of likely N-dealkylation sites (tertiary alicyclic amines) is 1. The maximum atomic E-state index is 12.8. The molecule has 0 aliphatic carbocycles. The molecule has 4 heterocycles. The first-order valence-corrected chi connectivity index (χ1v) is 9.20. The lowest BCUT2D eigenvalue weighted by Crippen LogP contribution is -2.47. The van der Waals surface area contributed by atoms with Crippen LogP contribution >= 0.6 is 0 Å². The highest BCUT2D eigenvalue weighted by atomic mass is 16.7. The Morgan fingerprint density at radius 3 is 2.48 bits per heavy atom. The molecule has 1 spiro atoms. The first kappa shape index (κ1) is 16.4. The van der Waals surface area contributed by atoms with E-state index in [0.29, 0.717) is 31.9 Å². The molecular weight excluding hydrogens is 344 g/mol. The van der Waals surface area contributed by atoms with E-state index in [4.69, 9.17) is 9.47 Å². The van der Waals surface area contributed by atoms with Gasteiger partial charge in [0.2, 0.25) is 0 Å². The lowest BCUT2D eigenvalue weighted by molar-refractivity contribution is -0.181. The second-order valence-electron chi connectivity index (χ2n) is 6.91. The number of aromatic nitrogens is 3. The van der Waals surface area contributed by atoms with Crippen LogP contribution in [0.3, 0.4) is 0 Å². The normalized spacial score (nSPS) is 19.0. The van der Waals surface area contributed by atoms with Crippen molar-refractivity contribution in [2.75, 3.05) is 26.3 Å². The number of carbonyl (C=O) groups is 1. The number of benzene rings is 1. The molecule has 2 fully saturated rings. The molecule has 27 heavy (non-hydrogen) atoms. The molecule has 2 aliphatic rings. The van der Waals surface area contributed by atoms with Crippen LogP contribution in [-0.4, -0.2) is 57.4 Å². The molecule has 0 saturated carbocycles. The molecule has 7 heteroatoms. The van der Waals surface area contributed by atoms with Gasteiger partial charge in [0.25, 0.3) is 5.91 Å². The number of hydrogen-bond donors (Lipinski definition) is 0. The van der Waals surface area contributed by atoms with Gasteiger partial charge in [-0.1, -0.05) is 0 Å². The third-order valence-electron chi connectivity index (χ3n) is 5.32. The van der Waals surface area contributed by atoms with Crippen molar-refractivity contribution in [3.05, 3.63) is 54.5 Å². The summed E-state index contributed by atoms with van der Waals surface area (Å²) in [5.41, 5.74) is 3.25. The third kappa shape index (κ3) is 2.89. The predicted molar refractivity (Wildman–Crippen MR) is 98.6 cm³/mol. The van der Waals surface area contributed by atoms with Crippen molar-refractivity contribution in [3.8, 4) is 5.69 Å². The Labute approximate surface area is 156 Å². The van der Waals surface area contributed by atoms with Gasteiger partial charge in [-0.2, -0.15) is 0 Å². The minimum absolute atomic E-state index is 0.0445. The number of fused-ring (bicyclic) bond motifs is 1. The zero-order valence-corrected chi connectivity index (χ0v) is 14.9. The zero-order valence-electron chi connectivity index (χ0n) is 14.9. The van der Waals surface area contributed by atoms with E-state index >= 15 is 0 Å². The summed E-state index contributed by atoms with van der Waals surface area (Å²) in [6.45, 7) is 2.59. The van der Waals surface area contributed by atoms with Crippen molar-refractivity contribution in [3.63, 3.8) is 0 Å². The van der Waals surface area contributed by atoms with E-state index in [1.807, 2.05) is 45.9 Å². The van der Waals surface area contributed by atoms with Gasteiger partial charge in [0, 0.05) is 43.4 Å². The number of nitrogens with zero attached hydrogens (tertiary/aromatic N) is 4.